The van der Waals surface area contributed by atoms with E-state index < -0.39 is 5.97 Å². The summed E-state index contributed by atoms with van der Waals surface area (Å²) in [5, 5.41) is 8.24. The fraction of sp³-hybridized carbons (Fsp3) is 0.250. The Morgan fingerprint density at radius 1 is 1.62 bits per heavy atom. The smallest absolute Gasteiger partial charge is 0.352 e. The monoisotopic (exact) mass is 184 g/mol. The molecule has 0 aliphatic heterocycles. The van der Waals surface area contributed by atoms with E-state index in [1.807, 2.05) is 0 Å². The van der Waals surface area contributed by atoms with Gasteiger partial charge in [-0.25, -0.2) is 4.79 Å². The first-order valence-electron chi connectivity index (χ1n) is 3.56. The van der Waals surface area contributed by atoms with Gasteiger partial charge in [0, 0.05) is 20.3 Å². The highest BCUT2D eigenvalue weighted by Gasteiger charge is 1.98. The van der Waals surface area contributed by atoms with Crippen LogP contribution in [0.4, 0.5) is 0 Å². The van der Waals surface area contributed by atoms with Gasteiger partial charge in [-0.05, 0) is 12.1 Å². The Labute approximate surface area is 76.0 Å². The predicted molar refractivity (Wildman–Crippen MR) is 47.5 cm³/mol. The van der Waals surface area contributed by atoms with Crippen LogP contribution in [0, 0.1) is 0 Å². The molecule has 1 rings (SSSR count). The molecule has 0 saturated heterocycles. The molecule has 0 aliphatic rings. The van der Waals surface area contributed by atoms with Gasteiger partial charge in [0.05, 0.1) is 0 Å². The maximum absolute atomic E-state index is 10.0. The number of carboxylic acids is 1. The van der Waals surface area contributed by atoms with Crippen LogP contribution in [0.15, 0.2) is 18.3 Å². The summed E-state index contributed by atoms with van der Waals surface area (Å²) < 4.78 is 0. The van der Waals surface area contributed by atoms with Crippen LogP contribution in [-0.4, -0.2) is 41.5 Å². The second kappa shape index (κ2) is 5.82. The van der Waals surface area contributed by atoms with Crippen LogP contribution in [-0.2, 0) is 4.79 Å². The van der Waals surface area contributed by atoms with Crippen LogP contribution in [0.3, 0.4) is 0 Å². The molecule has 0 aromatic carbocycles. The summed E-state index contributed by atoms with van der Waals surface area (Å²) in [6.07, 6.45) is 2.32. The Morgan fingerprint density at radius 3 is 2.31 bits per heavy atom. The molecule has 1 heterocycles. The molecule has 0 saturated carbocycles. The zero-order valence-electron chi connectivity index (χ0n) is 7.52. The molecular formula is C8H12N2O3. The molecule has 0 fully saturated rings. The van der Waals surface area contributed by atoms with Crippen LogP contribution in [0.2, 0.25) is 0 Å². The molecule has 5 nitrogen and oxygen atoms in total. The lowest BCUT2D eigenvalue weighted by atomic mass is 10.4. The lowest BCUT2D eigenvalue weighted by Gasteiger charge is -1.93. The first-order chi connectivity index (χ1) is 6.07. The Morgan fingerprint density at radius 2 is 2.15 bits per heavy atom. The van der Waals surface area contributed by atoms with E-state index in [4.69, 9.17) is 5.11 Å². The van der Waals surface area contributed by atoms with E-state index in [0.717, 1.165) is 6.41 Å². The number of rotatable bonds is 2. The molecule has 5 heteroatoms. The molecule has 0 spiro atoms. The molecule has 0 radical (unpaired) electrons. The molecule has 0 bridgehead atoms. The molecule has 1 aromatic rings. The Kier molecular flexibility index (Phi) is 5.02. The van der Waals surface area contributed by atoms with Crippen LogP contribution in [0.1, 0.15) is 10.5 Å². The minimum atomic E-state index is -0.921. The molecular weight excluding hydrogens is 172 g/mol. The number of aromatic nitrogens is 1. The largest absolute Gasteiger partial charge is 0.477 e. The topological polar surface area (TPSA) is 73.4 Å². The Balaban J connectivity index is 0.000000252. The quantitative estimate of drug-likeness (QED) is 0.654. The van der Waals surface area contributed by atoms with Crippen LogP contribution >= 0.6 is 0 Å². The Hall–Kier alpha value is -1.78. The number of hydrogen-bond donors (Lipinski definition) is 2. The molecule has 72 valence electrons. The summed E-state index contributed by atoms with van der Waals surface area (Å²) in [6, 6.07) is 3.14. The van der Waals surface area contributed by atoms with E-state index in [9.17, 15) is 9.59 Å². The van der Waals surface area contributed by atoms with Crippen molar-refractivity contribution in [3.63, 3.8) is 0 Å². The molecule has 0 aliphatic carbocycles. The van der Waals surface area contributed by atoms with E-state index in [-0.39, 0.29) is 5.69 Å². The second-order valence-electron chi connectivity index (χ2n) is 2.46. The van der Waals surface area contributed by atoms with Crippen molar-refractivity contribution in [1.82, 2.24) is 9.88 Å². The fourth-order valence-corrected chi connectivity index (χ4v) is 0.463. The van der Waals surface area contributed by atoms with Gasteiger partial charge in [-0.15, -0.1) is 0 Å². The van der Waals surface area contributed by atoms with Crippen molar-refractivity contribution in [1.29, 1.82) is 0 Å². The van der Waals surface area contributed by atoms with Crippen LogP contribution in [0.5, 0.6) is 0 Å². The third-order valence-electron chi connectivity index (χ3n) is 1.04. The Bertz CT molecular complexity index is 254. The van der Waals surface area contributed by atoms with Crippen LogP contribution < -0.4 is 0 Å². The maximum atomic E-state index is 10.0. The normalized spacial score (nSPS) is 8.15. The third-order valence-corrected chi connectivity index (χ3v) is 1.04. The van der Waals surface area contributed by atoms with Gasteiger partial charge >= 0.3 is 5.97 Å². The highest BCUT2D eigenvalue weighted by atomic mass is 16.4. The number of aromatic carboxylic acids is 1. The zero-order valence-corrected chi connectivity index (χ0v) is 7.52. The number of carboxylic acid groups (broad SMARTS) is 1. The number of carbonyl (C=O) groups is 2. The average Bonchev–Trinajstić information content (AvgIpc) is 2.57. The summed E-state index contributed by atoms with van der Waals surface area (Å²) in [7, 11) is 3.38. The number of nitrogens with one attached hydrogen (secondary N) is 1. The standard InChI is InChI=1S/C5H5NO2.C3H7NO/c7-5(8)4-2-1-3-6-4;1-4(2)3-5/h1-3,6H,(H,7,8);3H,1-2H3. The molecule has 2 N–H and O–H groups in total. The summed E-state index contributed by atoms with van der Waals surface area (Å²) in [6.45, 7) is 0. The van der Waals surface area contributed by atoms with E-state index in [0.29, 0.717) is 0 Å². The van der Waals surface area contributed by atoms with Crippen molar-refractivity contribution in [2.24, 2.45) is 0 Å². The lowest BCUT2D eigenvalue weighted by molar-refractivity contribution is -0.115. The number of aromatic amines is 1. The number of nitrogens with zero attached hydrogens (tertiary/aromatic N) is 1. The maximum Gasteiger partial charge on any atom is 0.352 e. The van der Waals surface area contributed by atoms with Crippen molar-refractivity contribution >= 4 is 12.4 Å². The number of carbonyl (C=O) groups excluding carboxylic acids is 1. The molecule has 0 unspecified atom stereocenters. The van der Waals surface area contributed by atoms with E-state index in [1.165, 1.54) is 11.0 Å². The first-order valence-corrected chi connectivity index (χ1v) is 3.56. The number of amides is 1. The van der Waals surface area contributed by atoms with Crippen molar-refractivity contribution in [2.75, 3.05) is 14.1 Å². The summed E-state index contributed by atoms with van der Waals surface area (Å²) in [4.78, 5) is 23.4. The average molecular weight is 184 g/mol. The lowest BCUT2D eigenvalue weighted by Crippen LogP contribution is -2.06. The molecule has 0 atom stereocenters. The highest BCUT2D eigenvalue weighted by molar-refractivity contribution is 5.85. The van der Waals surface area contributed by atoms with Crippen molar-refractivity contribution in [3.05, 3.63) is 24.0 Å². The summed E-state index contributed by atoms with van der Waals surface area (Å²) in [5.41, 5.74) is 0.227. The molecule has 13 heavy (non-hydrogen) atoms. The van der Waals surface area contributed by atoms with Gasteiger partial charge in [-0.2, -0.15) is 0 Å². The predicted octanol–water partition coefficient (Wildman–Crippen LogP) is 0.417. The third kappa shape index (κ3) is 5.49. The van der Waals surface area contributed by atoms with Gasteiger partial charge in [-0.3, -0.25) is 4.79 Å². The van der Waals surface area contributed by atoms with Gasteiger partial charge in [0.1, 0.15) is 5.69 Å². The van der Waals surface area contributed by atoms with Gasteiger partial charge < -0.3 is 15.0 Å². The van der Waals surface area contributed by atoms with E-state index in [1.54, 1.807) is 26.4 Å². The minimum absolute atomic E-state index is 0.227. The van der Waals surface area contributed by atoms with Gasteiger partial charge in [0.25, 0.3) is 0 Å². The summed E-state index contributed by atoms with van der Waals surface area (Å²) >= 11 is 0. The number of H-pyrrole nitrogens is 1. The van der Waals surface area contributed by atoms with Gasteiger partial charge in [-0.1, -0.05) is 0 Å². The van der Waals surface area contributed by atoms with E-state index >= 15 is 0 Å². The number of hydrogen-bond acceptors (Lipinski definition) is 2. The van der Waals surface area contributed by atoms with Crippen LogP contribution in [0.25, 0.3) is 0 Å². The fourth-order valence-electron chi connectivity index (χ4n) is 0.463. The van der Waals surface area contributed by atoms with Crippen molar-refractivity contribution in [3.8, 4) is 0 Å². The SMILES string of the molecule is CN(C)C=O.O=C(O)c1ccc[nH]1. The molecule has 1 aromatic heterocycles. The minimum Gasteiger partial charge on any atom is -0.477 e. The zero-order chi connectivity index (χ0) is 10.3. The van der Waals surface area contributed by atoms with Gasteiger partial charge in [0.2, 0.25) is 6.41 Å². The first kappa shape index (κ1) is 11.2. The van der Waals surface area contributed by atoms with E-state index in [2.05, 4.69) is 4.98 Å². The summed E-state index contributed by atoms with van der Waals surface area (Å²) in [5.74, 6) is -0.921. The van der Waals surface area contributed by atoms with Gasteiger partial charge in [0.15, 0.2) is 0 Å². The highest BCUT2D eigenvalue weighted by Crippen LogP contribution is 1.91. The van der Waals surface area contributed by atoms with Crippen molar-refractivity contribution < 1.29 is 14.7 Å². The van der Waals surface area contributed by atoms with Crippen molar-refractivity contribution in [2.45, 2.75) is 0 Å². The second-order valence-corrected chi connectivity index (χ2v) is 2.46. The molecule has 1 amide bonds.